The summed E-state index contributed by atoms with van der Waals surface area (Å²) in [5.74, 6) is -0.391. The highest BCUT2D eigenvalue weighted by molar-refractivity contribution is 5.95. The molecule has 0 saturated carbocycles. The average Bonchev–Trinajstić information content (AvgIpc) is 3.58. The van der Waals surface area contributed by atoms with Gasteiger partial charge in [0.05, 0.1) is 35.1 Å². The SMILES string of the molecule is CN(C)C1CCN(c2ccc3c(c2)[nH]/c(=N\C(=O)c2ccnc(-c4cnn(C)c4)c2)n3CC(C)(C)O)C1. The lowest BCUT2D eigenvalue weighted by molar-refractivity contribution is 0.0612. The van der Waals surface area contributed by atoms with Crippen LogP contribution in [0.4, 0.5) is 5.69 Å². The lowest BCUT2D eigenvalue weighted by Crippen LogP contribution is -2.32. The number of rotatable bonds is 6. The van der Waals surface area contributed by atoms with E-state index in [0.717, 1.165) is 41.8 Å². The summed E-state index contributed by atoms with van der Waals surface area (Å²) >= 11 is 0. The van der Waals surface area contributed by atoms with Crippen molar-refractivity contribution in [2.24, 2.45) is 12.0 Å². The lowest BCUT2D eigenvalue weighted by Gasteiger charge is -2.22. The number of carbonyl (C=O) groups is 1. The number of hydrogen-bond acceptors (Lipinski definition) is 6. The minimum Gasteiger partial charge on any atom is -0.389 e. The van der Waals surface area contributed by atoms with E-state index >= 15 is 0 Å². The molecule has 1 unspecified atom stereocenters. The predicted molar refractivity (Wildman–Crippen MR) is 143 cm³/mol. The molecule has 1 fully saturated rings. The molecule has 4 aromatic rings. The molecule has 4 heterocycles. The van der Waals surface area contributed by atoms with Crippen LogP contribution in [0.3, 0.4) is 0 Å². The van der Waals surface area contributed by atoms with E-state index in [1.54, 1.807) is 43.1 Å². The number of benzene rings is 1. The molecule has 1 saturated heterocycles. The third kappa shape index (κ3) is 5.35. The number of nitrogens with one attached hydrogen (secondary N) is 1. The topological polar surface area (TPSA) is 108 Å². The molecule has 2 N–H and O–H groups in total. The van der Waals surface area contributed by atoms with Crippen molar-refractivity contribution in [2.75, 3.05) is 32.1 Å². The summed E-state index contributed by atoms with van der Waals surface area (Å²) in [5.41, 5.74) is 4.18. The number of aryl methyl sites for hydroxylation is 1. The smallest absolute Gasteiger partial charge is 0.280 e. The molecule has 0 bridgehead atoms. The summed E-state index contributed by atoms with van der Waals surface area (Å²) < 4.78 is 3.56. The molecule has 0 aliphatic carbocycles. The quantitative estimate of drug-likeness (QED) is 0.419. The van der Waals surface area contributed by atoms with E-state index in [0.29, 0.717) is 22.9 Å². The van der Waals surface area contributed by atoms with Crippen LogP contribution in [-0.2, 0) is 13.6 Å². The van der Waals surface area contributed by atoms with Gasteiger partial charge in [0.1, 0.15) is 0 Å². The Hall–Kier alpha value is -3.76. The van der Waals surface area contributed by atoms with Crippen LogP contribution in [-0.4, -0.2) is 79.1 Å². The van der Waals surface area contributed by atoms with E-state index in [4.69, 9.17) is 0 Å². The van der Waals surface area contributed by atoms with E-state index in [1.807, 2.05) is 23.9 Å². The Morgan fingerprint density at radius 3 is 2.76 bits per heavy atom. The number of imidazole rings is 1. The van der Waals surface area contributed by atoms with Crippen LogP contribution in [0.2, 0.25) is 0 Å². The highest BCUT2D eigenvalue weighted by atomic mass is 16.3. The van der Waals surface area contributed by atoms with Gasteiger partial charge >= 0.3 is 0 Å². The standard InChI is InChI=1S/C27H34N8O2/c1-27(2,37)17-35-24-7-6-20(34-11-9-21(16-34)32(3)4)13-23(24)30-26(35)31-25(36)18-8-10-28-22(12-18)19-14-29-33(5)15-19/h6-8,10,12-15,21,37H,9,11,16-17H2,1-5H3,(H,30,31,36). The van der Waals surface area contributed by atoms with Gasteiger partial charge < -0.3 is 24.5 Å². The fourth-order valence-corrected chi connectivity index (χ4v) is 4.83. The Morgan fingerprint density at radius 2 is 2.08 bits per heavy atom. The van der Waals surface area contributed by atoms with Gasteiger partial charge in [-0.05, 0) is 64.7 Å². The molecule has 1 atom stereocenters. The van der Waals surface area contributed by atoms with Gasteiger partial charge in [-0.15, -0.1) is 0 Å². The number of amides is 1. The van der Waals surface area contributed by atoms with Gasteiger partial charge in [0.2, 0.25) is 5.62 Å². The second-order valence-electron chi connectivity index (χ2n) is 10.7. The van der Waals surface area contributed by atoms with Crippen LogP contribution in [0.1, 0.15) is 30.6 Å². The zero-order chi connectivity index (χ0) is 26.3. The molecular formula is C27H34N8O2. The normalized spacial score (nSPS) is 16.9. The van der Waals surface area contributed by atoms with Crippen LogP contribution in [0, 0.1) is 0 Å². The number of likely N-dealkylation sites (N-methyl/N-ethyl adjacent to an activating group) is 1. The molecule has 0 spiro atoms. The minimum absolute atomic E-state index is 0.280. The fourth-order valence-electron chi connectivity index (χ4n) is 4.83. The molecule has 3 aromatic heterocycles. The van der Waals surface area contributed by atoms with Crippen molar-refractivity contribution in [2.45, 2.75) is 38.5 Å². The number of aromatic amines is 1. The Balaban J connectivity index is 1.53. The average molecular weight is 503 g/mol. The van der Waals surface area contributed by atoms with Crippen molar-refractivity contribution in [1.29, 1.82) is 0 Å². The Labute approximate surface area is 215 Å². The number of hydrogen-bond donors (Lipinski definition) is 2. The zero-order valence-electron chi connectivity index (χ0n) is 22.0. The molecule has 1 aromatic carbocycles. The van der Waals surface area contributed by atoms with Crippen LogP contribution in [0.15, 0.2) is 53.9 Å². The third-order valence-corrected chi connectivity index (χ3v) is 6.79. The highest BCUT2D eigenvalue weighted by Crippen LogP contribution is 2.26. The van der Waals surface area contributed by atoms with E-state index in [9.17, 15) is 9.90 Å². The Kier molecular flexibility index (Phi) is 6.47. The summed E-state index contributed by atoms with van der Waals surface area (Å²) in [4.78, 5) is 30.0. The summed E-state index contributed by atoms with van der Waals surface area (Å²) in [6, 6.07) is 10.1. The number of aromatic nitrogens is 5. The molecule has 1 aliphatic heterocycles. The first-order valence-corrected chi connectivity index (χ1v) is 12.5. The van der Waals surface area contributed by atoms with Gasteiger partial charge in [0.15, 0.2) is 0 Å². The van der Waals surface area contributed by atoms with Crippen LogP contribution in [0.25, 0.3) is 22.3 Å². The monoisotopic (exact) mass is 502 g/mol. The van der Waals surface area contributed by atoms with Crippen molar-refractivity contribution in [3.8, 4) is 11.3 Å². The molecule has 194 valence electrons. The van der Waals surface area contributed by atoms with Crippen molar-refractivity contribution >= 4 is 22.6 Å². The molecule has 5 rings (SSSR count). The second kappa shape index (κ2) is 9.60. The van der Waals surface area contributed by atoms with Gasteiger partial charge in [0, 0.05) is 55.4 Å². The number of carbonyl (C=O) groups excluding carboxylic acids is 1. The number of anilines is 1. The van der Waals surface area contributed by atoms with Crippen molar-refractivity contribution in [3.63, 3.8) is 0 Å². The molecule has 0 radical (unpaired) electrons. The number of H-pyrrole nitrogens is 1. The van der Waals surface area contributed by atoms with Crippen molar-refractivity contribution in [1.82, 2.24) is 29.2 Å². The van der Waals surface area contributed by atoms with Gasteiger partial charge in [0.25, 0.3) is 5.91 Å². The Bertz CT molecular complexity index is 1500. The van der Waals surface area contributed by atoms with Gasteiger partial charge in [-0.1, -0.05) is 0 Å². The van der Waals surface area contributed by atoms with Gasteiger partial charge in [-0.3, -0.25) is 14.5 Å². The van der Waals surface area contributed by atoms with Crippen LogP contribution >= 0.6 is 0 Å². The largest absolute Gasteiger partial charge is 0.389 e. The molecule has 1 aliphatic rings. The molecule has 10 heteroatoms. The Morgan fingerprint density at radius 1 is 1.27 bits per heavy atom. The summed E-state index contributed by atoms with van der Waals surface area (Å²) in [6.45, 7) is 5.73. The minimum atomic E-state index is -0.996. The van der Waals surface area contributed by atoms with E-state index in [2.05, 4.69) is 56.1 Å². The number of pyridine rings is 1. The molecule has 10 nitrogen and oxygen atoms in total. The second-order valence-corrected chi connectivity index (χ2v) is 10.7. The number of fused-ring (bicyclic) bond motifs is 1. The number of aliphatic hydroxyl groups is 1. The van der Waals surface area contributed by atoms with Crippen molar-refractivity contribution < 1.29 is 9.90 Å². The van der Waals surface area contributed by atoms with E-state index in [-0.39, 0.29) is 6.54 Å². The summed E-state index contributed by atoms with van der Waals surface area (Å²) in [5, 5.41) is 14.8. The predicted octanol–water partition coefficient (Wildman–Crippen LogP) is 2.42. The molecule has 37 heavy (non-hydrogen) atoms. The molecule has 1 amide bonds. The van der Waals surface area contributed by atoms with Gasteiger partial charge in [-0.25, -0.2) is 0 Å². The van der Waals surface area contributed by atoms with E-state index in [1.165, 1.54) is 0 Å². The van der Waals surface area contributed by atoms with Crippen molar-refractivity contribution in [3.05, 3.63) is 60.1 Å². The summed E-state index contributed by atoms with van der Waals surface area (Å²) in [6.07, 6.45) is 6.28. The van der Waals surface area contributed by atoms with Gasteiger partial charge in [-0.2, -0.15) is 10.1 Å². The maximum absolute atomic E-state index is 13.2. The summed E-state index contributed by atoms with van der Waals surface area (Å²) in [7, 11) is 6.07. The first kappa shape index (κ1) is 24.9. The maximum atomic E-state index is 13.2. The highest BCUT2D eigenvalue weighted by Gasteiger charge is 2.25. The third-order valence-electron chi connectivity index (χ3n) is 6.79. The maximum Gasteiger partial charge on any atom is 0.280 e. The molecular weight excluding hydrogens is 468 g/mol. The first-order valence-electron chi connectivity index (χ1n) is 12.5. The van der Waals surface area contributed by atoms with Crippen LogP contribution < -0.4 is 10.5 Å². The lowest BCUT2D eigenvalue weighted by atomic mass is 10.1. The first-order chi connectivity index (χ1) is 17.6. The van der Waals surface area contributed by atoms with Crippen LogP contribution in [0.5, 0.6) is 0 Å². The zero-order valence-corrected chi connectivity index (χ0v) is 22.0. The van der Waals surface area contributed by atoms with E-state index < -0.39 is 11.5 Å². The number of nitrogens with zero attached hydrogens (tertiary/aromatic N) is 7. The fraction of sp³-hybridized carbons (Fsp3) is 0.407.